The molecule has 0 fully saturated rings. The second-order valence-electron chi connectivity index (χ2n) is 2.26. The van der Waals surface area contributed by atoms with E-state index >= 15 is 0 Å². The number of rotatable bonds is 2. The number of methoxy groups -OCH3 is 2. The van der Waals surface area contributed by atoms with E-state index in [0.717, 1.165) is 11.5 Å². The molecule has 0 saturated carbocycles. The molecule has 1 aliphatic rings. The van der Waals surface area contributed by atoms with E-state index in [9.17, 15) is 0 Å². The molecule has 0 aromatic rings. The van der Waals surface area contributed by atoms with Crippen molar-refractivity contribution < 1.29 is 9.47 Å². The molecule has 2 nitrogen and oxygen atoms in total. The van der Waals surface area contributed by atoms with E-state index in [-0.39, 0.29) is 0 Å². The number of ether oxygens (including phenoxy) is 2. The summed E-state index contributed by atoms with van der Waals surface area (Å²) >= 11 is 1.73. The van der Waals surface area contributed by atoms with Crippen molar-refractivity contribution in [3.8, 4) is 0 Å². The summed E-state index contributed by atoms with van der Waals surface area (Å²) in [6.45, 7) is 2.12. The summed E-state index contributed by atoms with van der Waals surface area (Å²) in [4.78, 5) is 0. The smallest absolute Gasteiger partial charge is 0.166 e. The van der Waals surface area contributed by atoms with Crippen molar-refractivity contribution in [2.24, 2.45) is 0 Å². The summed E-state index contributed by atoms with van der Waals surface area (Å²) in [7, 11) is 3.30. The molecule has 0 saturated heterocycles. The summed E-state index contributed by atoms with van der Waals surface area (Å²) in [6, 6.07) is 0. The average molecular weight is 172 g/mol. The van der Waals surface area contributed by atoms with Gasteiger partial charge < -0.3 is 9.47 Å². The minimum Gasteiger partial charge on any atom is -0.493 e. The molecular weight excluding hydrogens is 160 g/mol. The van der Waals surface area contributed by atoms with E-state index in [1.807, 2.05) is 11.5 Å². The Hall–Kier alpha value is -0.570. The molecule has 0 aromatic heterocycles. The molecule has 0 spiro atoms. The Kier molecular flexibility index (Phi) is 2.88. The van der Waals surface area contributed by atoms with Gasteiger partial charge in [-0.15, -0.1) is 11.8 Å². The number of hydrogen-bond donors (Lipinski definition) is 0. The fraction of sp³-hybridized carbons (Fsp3) is 0.500. The molecule has 11 heavy (non-hydrogen) atoms. The molecule has 1 unspecified atom stereocenters. The Morgan fingerprint density at radius 3 is 2.45 bits per heavy atom. The van der Waals surface area contributed by atoms with Crippen LogP contribution in [0.25, 0.3) is 0 Å². The third kappa shape index (κ3) is 1.93. The lowest BCUT2D eigenvalue weighted by Gasteiger charge is -2.16. The van der Waals surface area contributed by atoms with Gasteiger partial charge in [-0.05, 0) is 13.0 Å². The largest absolute Gasteiger partial charge is 0.493 e. The van der Waals surface area contributed by atoms with Crippen LogP contribution >= 0.6 is 11.8 Å². The van der Waals surface area contributed by atoms with Crippen LogP contribution in [0.4, 0.5) is 0 Å². The highest BCUT2D eigenvalue weighted by Gasteiger charge is 2.13. The van der Waals surface area contributed by atoms with Crippen LogP contribution in [-0.4, -0.2) is 19.5 Å². The number of hydrogen-bond acceptors (Lipinski definition) is 3. The van der Waals surface area contributed by atoms with Crippen LogP contribution in [0.1, 0.15) is 6.92 Å². The van der Waals surface area contributed by atoms with E-state index in [1.54, 1.807) is 26.0 Å². The van der Waals surface area contributed by atoms with Gasteiger partial charge in [-0.1, -0.05) is 0 Å². The minimum absolute atomic E-state index is 0.476. The zero-order chi connectivity index (χ0) is 8.27. The Morgan fingerprint density at radius 2 is 1.91 bits per heavy atom. The Morgan fingerprint density at radius 1 is 1.27 bits per heavy atom. The predicted octanol–water partition coefficient (Wildman–Crippen LogP) is 2.14. The molecule has 1 heterocycles. The van der Waals surface area contributed by atoms with Gasteiger partial charge in [0.15, 0.2) is 11.5 Å². The zero-order valence-electron chi connectivity index (χ0n) is 6.96. The molecule has 0 amide bonds. The SMILES string of the molecule is COC1=CSC(C)C=C1OC. The van der Waals surface area contributed by atoms with Gasteiger partial charge in [0.1, 0.15) is 0 Å². The Balaban J connectivity index is 2.74. The second kappa shape index (κ2) is 3.72. The molecule has 0 bridgehead atoms. The maximum Gasteiger partial charge on any atom is 0.166 e. The van der Waals surface area contributed by atoms with Crippen molar-refractivity contribution in [1.29, 1.82) is 0 Å². The van der Waals surface area contributed by atoms with Gasteiger partial charge in [0.2, 0.25) is 0 Å². The minimum atomic E-state index is 0.476. The van der Waals surface area contributed by atoms with Crippen molar-refractivity contribution in [1.82, 2.24) is 0 Å². The van der Waals surface area contributed by atoms with Crippen LogP contribution < -0.4 is 0 Å². The molecule has 62 valence electrons. The molecule has 1 atom stereocenters. The highest BCUT2D eigenvalue weighted by molar-refractivity contribution is 8.02. The van der Waals surface area contributed by atoms with Gasteiger partial charge in [0.05, 0.1) is 14.2 Å². The lowest BCUT2D eigenvalue weighted by atomic mass is 10.3. The normalized spacial score (nSPS) is 23.7. The highest BCUT2D eigenvalue weighted by Crippen LogP contribution is 2.27. The van der Waals surface area contributed by atoms with Gasteiger partial charge in [0, 0.05) is 10.7 Å². The quantitative estimate of drug-likeness (QED) is 0.635. The Labute approximate surface area is 71.3 Å². The molecule has 1 rings (SSSR count). The van der Waals surface area contributed by atoms with E-state index in [1.165, 1.54) is 0 Å². The van der Waals surface area contributed by atoms with Crippen LogP contribution in [0.15, 0.2) is 23.0 Å². The van der Waals surface area contributed by atoms with Gasteiger partial charge in [0.25, 0.3) is 0 Å². The molecule has 0 N–H and O–H groups in total. The molecule has 0 aromatic carbocycles. The maximum absolute atomic E-state index is 5.12. The Bertz CT molecular complexity index is 196. The van der Waals surface area contributed by atoms with Crippen LogP contribution in [0, 0.1) is 0 Å². The third-order valence-electron chi connectivity index (χ3n) is 1.46. The van der Waals surface area contributed by atoms with Gasteiger partial charge in [-0.3, -0.25) is 0 Å². The van der Waals surface area contributed by atoms with Crippen LogP contribution in [-0.2, 0) is 9.47 Å². The summed E-state index contributed by atoms with van der Waals surface area (Å²) in [6.07, 6.45) is 2.05. The molecule has 1 aliphatic heterocycles. The summed E-state index contributed by atoms with van der Waals surface area (Å²) in [5.41, 5.74) is 0. The van der Waals surface area contributed by atoms with E-state index in [0.29, 0.717) is 5.25 Å². The first kappa shape index (κ1) is 8.53. The lowest BCUT2D eigenvalue weighted by molar-refractivity contribution is 0.219. The van der Waals surface area contributed by atoms with E-state index in [4.69, 9.17) is 9.47 Å². The monoisotopic (exact) mass is 172 g/mol. The van der Waals surface area contributed by atoms with Crippen LogP contribution in [0.5, 0.6) is 0 Å². The average Bonchev–Trinajstić information content (AvgIpc) is 2.04. The van der Waals surface area contributed by atoms with Crippen molar-refractivity contribution in [3.05, 3.63) is 23.0 Å². The first-order chi connectivity index (χ1) is 5.27. The van der Waals surface area contributed by atoms with Gasteiger partial charge in [-0.2, -0.15) is 0 Å². The molecule has 0 aliphatic carbocycles. The fourth-order valence-corrected chi connectivity index (χ4v) is 1.63. The number of thioether (sulfide) groups is 1. The maximum atomic E-state index is 5.12. The third-order valence-corrected chi connectivity index (χ3v) is 2.37. The zero-order valence-corrected chi connectivity index (χ0v) is 7.77. The van der Waals surface area contributed by atoms with Crippen molar-refractivity contribution in [3.63, 3.8) is 0 Å². The molecule has 0 radical (unpaired) electrons. The summed E-state index contributed by atoms with van der Waals surface area (Å²) in [5, 5.41) is 2.45. The molecular formula is C8H12O2S. The van der Waals surface area contributed by atoms with Crippen molar-refractivity contribution in [2.75, 3.05) is 14.2 Å². The summed E-state index contributed by atoms with van der Waals surface area (Å²) in [5.74, 6) is 1.65. The standard InChI is InChI=1S/C8H12O2S/c1-6-4-7(9-2)8(10-3)5-11-6/h4-6H,1-3H3. The molecule has 3 heteroatoms. The fourth-order valence-electron chi connectivity index (χ4n) is 0.879. The lowest BCUT2D eigenvalue weighted by Crippen LogP contribution is -2.03. The van der Waals surface area contributed by atoms with Gasteiger partial charge in [-0.25, -0.2) is 0 Å². The first-order valence-electron chi connectivity index (χ1n) is 3.43. The van der Waals surface area contributed by atoms with Crippen LogP contribution in [0.2, 0.25) is 0 Å². The summed E-state index contributed by atoms with van der Waals surface area (Å²) < 4.78 is 10.2. The second-order valence-corrected chi connectivity index (χ2v) is 3.51. The van der Waals surface area contributed by atoms with Crippen LogP contribution in [0.3, 0.4) is 0 Å². The van der Waals surface area contributed by atoms with Crippen molar-refractivity contribution in [2.45, 2.75) is 12.2 Å². The van der Waals surface area contributed by atoms with E-state index in [2.05, 4.69) is 6.92 Å². The topological polar surface area (TPSA) is 18.5 Å². The van der Waals surface area contributed by atoms with Gasteiger partial charge >= 0.3 is 0 Å². The predicted molar refractivity (Wildman–Crippen MR) is 47.2 cm³/mol. The first-order valence-corrected chi connectivity index (χ1v) is 4.38. The van der Waals surface area contributed by atoms with Crippen molar-refractivity contribution >= 4 is 11.8 Å². The highest BCUT2D eigenvalue weighted by atomic mass is 32.2. The van der Waals surface area contributed by atoms with E-state index < -0.39 is 0 Å².